The van der Waals surface area contributed by atoms with Crippen LogP contribution in [0.5, 0.6) is 5.75 Å². The third kappa shape index (κ3) is 3.78. The van der Waals surface area contributed by atoms with E-state index in [1.807, 2.05) is 23.1 Å². The van der Waals surface area contributed by atoms with Gasteiger partial charge >= 0.3 is 0 Å². The monoisotopic (exact) mass is 389 g/mol. The fraction of sp³-hybridized carbons (Fsp3) is 0.421. The molecule has 3 heterocycles. The van der Waals surface area contributed by atoms with E-state index >= 15 is 0 Å². The molecule has 27 heavy (non-hydrogen) atoms. The van der Waals surface area contributed by atoms with E-state index in [2.05, 4.69) is 10.5 Å². The summed E-state index contributed by atoms with van der Waals surface area (Å²) >= 11 is 5.72. The van der Waals surface area contributed by atoms with Crippen molar-refractivity contribution in [2.24, 2.45) is 0 Å². The first kappa shape index (κ1) is 17.9. The number of para-hydroxylation sites is 1. The van der Waals surface area contributed by atoms with Gasteiger partial charge in [0, 0.05) is 44.8 Å². The summed E-state index contributed by atoms with van der Waals surface area (Å²) in [5, 5.41) is 6.86. The molecule has 1 aromatic heterocycles. The zero-order chi connectivity index (χ0) is 18.9. The Bertz CT molecular complexity index is 858. The van der Waals surface area contributed by atoms with E-state index in [1.165, 1.54) is 0 Å². The highest BCUT2D eigenvalue weighted by Crippen LogP contribution is 2.33. The number of piperidine rings is 1. The number of amides is 2. The number of aromatic nitrogens is 1. The van der Waals surface area contributed by atoms with Crippen LogP contribution in [0.3, 0.4) is 0 Å². The smallest absolute Gasteiger partial charge is 0.255 e. The highest BCUT2D eigenvalue weighted by Gasteiger charge is 2.40. The van der Waals surface area contributed by atoms with Gasteiger partial charge in [-0.3, -0.25) is 9.59 Å². The fourth-order valence-corrected chi connectivity index (χ4v) is 3.74. The van der Waals surface area contributed by atoms with Crippen LogP contribution in [0.2, 0.25) is 5.15 Å². The van der Waals surface area contributed by atoms with Crippen molar-refractivity contribution in [3.8, 4) is 5.75 Å². The zero-order valence-corrected chi connectivity index (χ0v) is 15.5. The Labute approximate surface area is 161 Å². The van der Waals surface area contributed by atoms with Crippen LogP contribution in [0.4, 0.5) is 0 Å². The number of hydrogen-bond donors (Lipinski definition) is 1. The summed E-state index contributed by atoms with van der Waals surface area (Å²) in [7, 11) is 0. The normalized spacial score (nSPS) is 18.4. The number of nitrogens with zero attached hydrogens (tertiary/aromatic N) is 2. The van der Waals surface area contributed by atoms with E-state index < -0.39 is 5.60 Å². The lowest BCUT2D eigenvalue weighted by atomic mass is 9.90. The second kappa shape index (κ2) is 7.23. The van der Waals surface area contributed by atoms with Gasteiger partial charge in [-0.25, -0.2) is 0 Å². The molecule has 2 aliphatic rings. The second-order valence-corrected chi connectivity index (χ2v) is 7.35. The van der Waals surface area contributed by atoms with Crippen LogP contribution in [0.15, 0.2) is 34.9 Å². The van der Waals surface area contributed by atoms with Gasteiger partial charge in [-0.05, 0) is 12.1 Å². The number of carbonyl (C=O) groups is 2. The Morgan fingerprint density at radius 1 is 1.30 bits per heavy atom. The lowest BCUT2D eigenvalue weighted by Gasteiger charge is -2.41. The number of aryl methyl sites for hydroxylation is 1. The van der Waals surface area contributed by atoms with Crippen LogP contribution < -0.4 is 10.1 Å². The van der Waals surface area contributed by atoms with Crippen molar-refractivity contribution in [2.45, 2.75) is 31.3 Å². The number of halogens is 1. The number of nitrogens with one attached hydrogen (secondary N) is 1. The quantitative estimate of drug-likeness (QED) is 0.871. The van der Waals surface area contributed by atoms with Gasteiger partial charge in [0.05, 0.1) is 12.1 Å². The minimum atomic E-state index is -0.475. The molecular weight excluding hydrogens is 370 g/mol. The number of ether oxygens (including phenoxy) is 1. The van der Waals surface area contributed by atoms with E-state index in [0.29, 0.717) is 67.5 Å². The highest BCUT2D eigenvalue weighted by molar-refractivity contribution is 6.29. The van der Waals surface area contributed by atoms with Gasteiger partial charge in [0.25, 0.3) is 5.91 Å². The molecule has 0 radical (unpaired) electrons. The van der Waals surface area contributed by atoms with Gasteiger partial charge in [-0.2, -0.15) is 0 Å². The Morgan fingerprint density at radius 2 is 2.07 bits per heavy atom. The molecule has 8 heteroatoms. The first-order valence-corrected chi connectivity index (χ1v) is 9.38. The molecular formula is C19H20ClN3O4. The van der Waals surface area contributed by atoms with Gasteiger partial charge in [0.2, 0.25) is 5.91 Å². The van der Waals surface area contributed by atoms with E-state index in [9.17, 15) is 9.59 Å². The molecule has 0 unspecified atom stereocenters. The molecule has 0 bridgehead atoms. The molecule has 1 spiro atoms. The third-order valence-electron chi connectivity index (χ3n) is 5.17. The first-order valence-electron chi connectivity index (χ1n) is 9.00. The summed E-state index contributed by atoms with van der Waals surface area (Å²) in [5.74, 6) is 1.16. The molecule has 0 atom stereocenters. The molecule has 2 aliphatic heterocycles. The number of carbonyl (C=O) groups excluding carboxylic acids is 2. The number of benzene rings is 1. The van der Waals surface area contributed by atoms with Crippen LogP contribution in [0.1, 0.15) is 35.4 Å². The molecule has 4 rings (SSSR count). The summed E-state index contributed by atoms with van der Waals surface area (Å²) in [6.45, 7) is 1.63. The predicted octanol–water partition coefficient (Wildman–Crippen LogP) is 2.44. The number of rotatable bonds is 3. The molecule has 1 fully saturated rings. The van der Waals surface area contributed by atoms with Crippen LogP contribution in [0.25, 0.3) is 0 Å². The van der Waals surface area contributed by atoms with E-state index in [4.69, 9.17) is 20.9 Å². The molecule has 0 aliphatic carbocycles. The van der Waals surface area contributed by atoms with Gasteiger partial charge in [0.15, 0.2) is 5.15 Å². The van der Waals surface area contributed by atoms with Crippen molar-refractivity contribution in [1.82, 2.24) is 15.4 Å². The lowest BCUT2D eigenvalue weighted by Crippen LogP contribution is -2.54. The molecule has 0 saturated carbocycles. The van der Waals surface area contributed by atoms with Crippen LogP contribution in [0, 0.1) is 0 Å². The zero-order valence-electron chi connectivity index (χ0n) is 14.7. The average molecular weight is 390 g/mol. The van der Waals surface area contributed by atoms with E-state index in [0.717, 1.165) is 0 Å². The van der Waals surface area contributed by atoms with Crippen molar-refractivity contribution < 1.29 is 18.8 Å². The summed E-state index contributed by atoms with van der Waals surface area (Å²) in [4.78, 5) is 26.6. The minimum absolute atomic E-state index is 0.0652. The van der Waals surface area contributed by atoms with Crippen molar-refractivity contribution in [3.05, 3.63) is 46.8 Å². The minimum Gasteiger partial charge on any atom is -0.484 e. The maximum Gasteiger partial charge on any atom is 0.255 e. The van der Waals surface area contributed by atoms with Crippen molar-refractivity contribution in [3.63, 3.8) is 0 Å². The molecule has 2 aromatic rings. The van der Waals surface area contributed by atoms with Crippen LogP contribution in [-0.2, 0) is 11.2 Å². The van der Waals surface area contributed by atoms with Crippen LogP contribution >= 0.6 is 11.6 Å². The molecule has 142 valence electrons. The van der Waals surface area contributed by atoms with Gasteiger partial charge in [0.1, 0.15) is 17.1 Å². The van der Waals surface area contributed by atoms with Gasteiger partial charge < -0.3 is 19.5 Å². The molecule has 2 amide bonds. The average Bonchev–Trinajstić information content (AvgIpc) is 3.05. The molecule has 7 nitrogen and oxygen atoms in total. The number of fused-ring (bicyclic) bond motifs is 1. The first-order chi connectivity index (χ1) is 13.0. The fourth-order valence-electron chi connectivity index (χ4n) is 3.59. The van der Waals surface area contributed by atoms with E-state index in [1.54, 1.807) is 12.1 Å². The van der Waals surface area contributed by atoms with Crippen molar-refractivity contribution in [2.75, 3.05) is 19.6 Å². The largest absolute Gasteiger partial charge is 0.484 e. The Balaban J connectivity index is 1.37. The highest BCUT2D eigenvalue weighted by atomic mass is 35.5. The maximum absolute atomic E-state index is 12.5. The van der Waals surface area contributed by atoms with Gasteiger partial charge in [-0.15, -0.1) is 0 Å². The summed E-state index contributed by atoms with van der Waals surface area (Å²) < 4.78 is 11.3. The number of likely N-dealkylation sites (tertiary alicyclic amines) is 1. The van der Waals surface area contributed by atoms with Crippen molar-refractivity contribution in [1.29, 1.82) is 0 Å². The summed E-state index contributed by atoms with van der Waals surface area (Å²) in [6.07, 6.45) is 2.15. The maximum atomic E-state index is 12.5. The summed E-state index contributed by atoms with van der Waals surface area (Å²) in [5.41, 5.74) is 0.0796. The number of hydrogen-bond acceptors (Lipinski definition) is 5. The Hall–Kier alpha value is -2.54. The molecule has 1 aromatic carbocycles. The SMILES string of the molecule is O=C1NCC2(CCN(C(=O)CCc3cc(Cl)no3)CC2)Oc2ccccc21. The standard InChI is InChI=1S/C19H20ClN3O4/c20-16-11-13(27-22-16)5-6-17(24)23-9-7-19(8-10-23)12-21-18(25)14-3-1-2-4-15(14)26-19/h1-4,11H,5-10,12H2,(H,21,25). The topological polar surface area (TPSA) is 84.7 Å². The van der Waals surface area contributed by atoms with Crippen molar-refractivity contribution >= 4 is 23.4 Å². The van der Waals surface area contributed by atoms with E-state index in [-0.39, 0.29) is 11.8 Å². The molecule has 1 saturated heterocycles. The van der Waals surface area contributed by atoms with Crippen LogP contribution in [-0.4, -0.2) is 47.1 Å². The summed E-state index contributed by atoms with van der Waals surface area (Å²) in [6, 6.07) is 8.89. The molecule has 1 N–H and O–H groups in total. The Kier molecular flexibility index (Phi) is 4.78. The Morgan fingerprint density at radius 3 is 2.81 bits per heavy atom. The predicted molar refractivity (Wildman–Crippen MR) is 97.8 cm³/mol. The third-order valence-corrected chi connectivity index (χ3v) is 5.35. The second-order valence-electron chi connectivity index (χ2n) is 6.96. The van der Waals surface area contributed by atoms with Gasteiger partial charge in [-0.1, -0.05) is 28.9 Å². The lowest BCUT2D eigenvalue weighted by molar-refractivity contribution is -0.134.